The van der Waals surface area contributed by atoms with Gasteiger partial charge in [0.1, 0.15) is 0 Å². The first-order chi connectivity index (χ1) is 9.71. The minimum absolute atomic E-state index is 0.276. The van der Waals surface area contributed by atoms with Crippen molar-refractivity contribution in [3.63, 3.8) is 0 Å². The molecule has 21 heavy (non-hydrogen) atoms. The average Bonchev–Trinajstić information content (AvgIpc) is 2.38. The van der Waals surface area contributed by atoms with Crippen LogP contribution >= 0.6 is 15.9 Å². The van der Waals surface area contributed by atoms with Gasteiger partial charge in [-0.25, -0.2) is 13.1 Å². The molecule has 112 valence electrons. The van der Waals surface area contributed by atoms with E-state index < -0.39 is 15.6 Å². The van der Waals surface area contributed by atoms with Gasteiger partial charge in [-0.05, 0) is 50.6 Å². The van der Waals surface area contributed by atoms with Crippen molar-refractivity contribution < 1.29 is 8.42 Å². The van der Waals surface area contributed by atoms with Gasteiger partial charge in [-0.15, -0.1) is 0 Å². The van der Waals surface area contributed by atoms with E-state index in [1.54, 1.807) is 24.3 Å². The van der Waals surface area contributed by atoms with Crippen LogP contribution in [0.15, 0.2) is 57.9 Å². The van der Waals surface area contributed by atoms with Crippen molar-refractivity contribution in [2.24, 2.45) is 0 Å². The van der Waals surface area contributed by atoms with Gasteiger partial charge in [0.05, 0.1) is 10.4 Å². The lowest BCUT2D eigenvalue weighted by atomic mass is 9.96. The van der Waals surface area contributed by atoms with E-state index in [1.165, 1.54) is 0 Å². The van der Waals surface area contributed by atoms with Crippen LogP contribution in [0.25, 0.3) is 0 Å². The molecule has 3 nitrogen and oxygen atoms in total. The lowest BCUT2D eigenvalue weighted by Gasteiger charge is -2.26. The molecule has 0 aromatic heterocycles. The lowest BCUT2D eigenvalue weighted by Crippen LogP contribution is -2.40. The third-order valence-electron chi connectivity index (χ3n) is 3.29. The molecule has 2 rings (SSSR count). The van der Waals surface area contributed by atoms with E-state index in [0.29, 0.717) is 0 Å². The molecule has 0 spiro atoms. The van der Waals surface area contributed by atoms with Gasteiger partial charge in [-0.3, -0.25) is 0 Å². The Bertz CT molecular complexity index is 720. The highest BCUT2D eigenvalue weighted by molar-refractivity contribution is 9.10. The maximum absolute atomic E-state index is 12.5. The molecule has 0 saturated carbocycles. The van der Waals surface area contributed by atoms with Crippen LogP contribution in [0.2, 0.25) is 0 Å². The molecule has 0 fully saturated rings. The maximum Gasteiger partial charge on any atom is 0.241 e. The number of nitrogens with one attached hydrogen (secondary N) is 1. The fourth-order valence-electron chi connectivity index (χ4n) is 2.04. The zero-order valence-corrected chi connectivity index (χ0v) is 14.6. The third-order valence-corrected chi connectivity index (χ3v) is 5.49. The number of sulfonamides is 1. The average molecular weight is 368 g/mol. The predicted octanol–water partition coefficient (Wildman–Crippen LogP) is 3.97. The number of halogens is 1. The Hall–Kier alpha value is -1.17. The first-order valence-corrected chi connectivity index (χ1v) is 8.85. The van der Waals surface area contributed by atoms with Gasteiger partial charge in [0.25, 0.3) is 0 Å². The van der Waals surface area contributed by atoms with Gasteiger partial charge < -0.3 is 0 Å². The number of aryl methyl sites for hydroxylation is 1. The number of benzene rings is 2. The van der Waals surface area contributed by atoms with Crippen molar-refractivity contribution in [2.45, 2.75) is 31.2 Å². The van der Waals surface area contributed by atoms with E-state index in [4.69, 9.17) is 0 Å². The van der Waals surface area contributed by atoms with Crippen LogP contribution in [-0.2, 0) is 15.6 Å². The molecule has 0 aliphatic heterocycles. The van der Waals surface area contributed by atoms with Crippen molar-refractivity contribution in [1.82, 2.24) is 4.72 Å². The highest BCUT2D eigenvalue weighted by Gasteiger charge is 2.27. The normalized spacial score (nSPS) is 12.4. The molecule has 0 atom stereocenters. The molecule has 0 unspecified atom stereocenters. The van der Waals surface area contributed by atoms with Crippen molar-refractivity contribution in [3.05, 3.63) is 64.1 Å². The molecule has 5 heteroatoms. The fraction of sp³-hybridized carbons (Fsp3) is 0.250. The molecule has 0 heterocycles. The van der Waals surface area contributed by atoms with Crippen LogP contribution in [0, 0.1) is 6.92 Å². The summed E-state index contributed by atoms with van der Waals surface area (Å²) in [5, 5.41) is 0. The summed E-state index contributed by atoms with van der Waals surface area (Å²) in [5.41, 5.74) is 1.24. The molecule has 0 bridgehead atoms. The second-order valence-corrected chi connectivity index (χ2v) is 8.15. The first-order valence-electron chi connectivity index (χ1n) is 6.57. The Morgan fingerprint density at radius 2 is 1.48 bits per heavy atom. The molecule has 2 aromatic carbocycles. The largest absolute Gasteiger partial charge is 0.241 e. The van der Waals surface area contributed by atoms with Gasteiger partial charge >= 0.3 is 0 Å². The third kappa shape index (κ3) is 3.93. The lowest BCUT2D eigenvalue weighted by molar-refractivity contribution is 0.472. The smallest absolute Gasteiger partial charge is 0.207 e. The van der Waals surface area contributed by atoms with Gasteiger partial charge in [0, 0.05) is 4.47 Å². The Morgan fingerprint density at radius 1 is 0.952 bits per heavy atom. The summed E-state index contributed by atoms with van der Waals surface area (Å²) in [7, 11) is -3.55. The summed E-state index contributed by atoms with van der Waals surface area (Å²) in [6.07, 6.45) is 0. The van der Waals surface area contributed by atoms with E-state index in [0.717, 1.165) is 15.6 Å². The van der Waals surface area contributed by atoms with E-state index in [9.17, 15) is 8.42 Å². The van der Waals surface area contributed by atoms with E-state index in [1.807, 2.05) is 45.0 Å². The number of rotatable bonds is 4. The quantitative estimate of drug-likeness (QED) is 0.888. The van der Waals surface area contributed by atoms with E-state index in [-0.39, 0.29) is 4.90 Å². The molecule has 1 N–H and O–H groups in total. The molecule has 0 saturated heterocycles. The van der Waals surface area contributed by atoms with Gasteiger partial charge in [0.2, 0.25) is 10.0 Å². The molecular formula is C16H18BrNO2S. The van der Waals surface area contributed by atoms with Crippen LogP contribution < -0.4 is 4.72 Å². The van der Waals surface area contributed by atoms with Crippen LogP contribution in [-0.4, -0.2) is 8.42 Å². The molecule has 0 aliphatic rings. The summed E-state index contributed by atoms with van der Waals surface area (Å²) in [5.74, 6) is 0. The summed E-state index contributed by atoms with van der Waals surface area (Å²) in [6.45, 7) is 5.62. The summed E-state index contributed by atoms with van der Waals surface area (Å²) < 4.78 is 28.7. The van der Waals surface area contributed by atoms with Crippen molar-refractivity contribution in [3.8, 4) is 0 Å². The van der Waals surface area contributed by atoms with Crippen LogP contribution in [0.5, 0.6) is 0 Å². The first kappa shape index (κ1) is 16.2. The van der Waals surface area contributed by atoms with Crippen LogP contribution in [0.3, 0.4) is 0 Å². The van der Waals surface area contributed by atoms with Gasteiger partial charge in [-0.2, -0.15) is 0 Å². The van der Waals surface area contributed by atoms with Crippen molar-refractivity contribution in [1.29, 1.82) is 0 Å². The SMILES string of the molecule is Cc1ccc(S(=O)(=O)NC(C)(C)c2ccc(Br)cc2)cc1. The van der Waals surface area contributed by atoms with Crippen LogP contribution in [0.4, 0.5) is 0 Å². The highest BCUT2D eigenvalue weighted by Crippen LogP contribution is 2.24. The summed E-state index contributed by atoms with van der Waals surface area (Å²) in [6, 6.07) is 14.4. The second kappa shape index (κ2) is 5.91. The summed E-state index contributed by atoms with van der Waals surface area (Å²) in [4.78, 5) is 0.276. The number of hydrogen-bond donors (Lipinski definition) is 1. The molecule has 2 aromatic rings. The predicted molar refractivity (Wildman–Crippen MR) is 88.7 cm³/mol. The van der Waals surface area contributed by atoms with Crippen molar-refractivity contribution >= 4 is 26.0 Å². The zero-order valence-electron chi connectivity index (χ0n) is 12.2. The molecule has 0 aliphatic carbocycles. The monoisotopic (exact) mass is 367 g/mol. The Labute approximate surface area is 134 Å². The van der Waals surface area contributed by atoms with Gasteiger partial charge in [0.15, 0.2) is 0 Å². The summed E-state index contributed by atoms with van der Waals surface area (Å²) >= 11 is 3.38. The topological polar surface area (TPSA) is 46.2 Å². The second-order valence-electron chi connectivity index (χ2n) is 5.55. The maximum atomic E-state index is 12.5. The van der Waals surface area contributed by atoms with Crippen LogP contribution in [0.1, 0.15) is 25.0 Å². The minimum Gasteiger partial charge on any atom is -0.207 e. The van der Waals surface area contributed by atoms with Gasteiger partial charge in [-0.1, -0.05) is 45.8 Å². The zero-order chi connectivity index (χ0) is 15.7. The Balaban J connectivity index is 2.30. The Morgan fingerprint density at radius 3 is 2.00 bits per heavy atom. The van der Waals surface area contributed by atoms with E-state index in [2.05, 4.69) is 20.7 Å². The highest BCUT2D eigenvalue weighted by atomic mass is 79.9. The molecule has 0 radical (unpaired) electrons. The Kier molecular flexibility index (Phi) is 4.56. The minimum atomic E-state index is -3.55. The molecular weight excluding hydrogens is 350 g/mol. The van der Waals surface area contributed by atoms with E-state index >= 15 is 0 Å². The van der Waals surface area contributed by atoms with Crippen molar-refractivity contribution in [2.75, 3.05) is 0 Å². The fourth-order valence-corrected chi connectivity index (χ4v) is 3.70. The molecule has 0 amide bonds. The standard InChI is InChI=1S/C16H18BrNO2S/c1-12-4-10-15(11-5-12)21(19,20)18-16(2,3)13-6-8-14(17)9-7-13/h4-11,18H,1-3H3. The number of hydrogen-bond acceptors (Lipinski definition) is 2.